The molecule has 0 spiro atoms. The molecular formula is C12H12N2O3S. The van der Waals surface area contributed by atoms with Crippen molar-refractivity contribution in [2.24, 2.45) is 0 Å². The molecule has 2 aromatic rings. The van der Waals surface area contributed by atoms with Crippen molar-refractivity contribution in [1.82, 2.24) is 4.98 Å². The lowest BCUT2D eigenvalue weighted by atomic mass is 10.3. The van der Waals surface area contributed by atoms with E-state index in [4.69, 9.17) is 9.84 Å². The normalized spacial score (nSPS) is 10.1. The van der Waals surface area contributed by atoms with Gasteiger partial charge in [0.05, 0.1) is 12.8 Å². The van der Waals surface area contributed by atoms with Crippen molar-refractivity contribution in [2.75, 3.05) is 11.9 Å². The van der Waals surface area contributed by atoms with E-state index in [1.165, 1.54) is 6.20 Å². The average molecular weight is 264 g/mol. The number of carbonyl (C=O) groups is 1. The molecule has 6 heteroatoms. The monoisotopic (exact) mass is 264 g/mol. The molecule has 0 saturated heterocycles. The van der Waals surface area contributed by atoms with Crippen LogP contribution in [0.15, 0.2) is 30.5 Å². The second kappa shape index (κ2) is 5.50. The molecule has 0 aliphatic carbocycles. The maximum Gasteiger partial charge on any atom is 0.347 e. The Bertz CT molecular complexity index is 554. The number of aromatic carboxylic acids is 1. The fourth-order valence-electron chi connectivity index (χ4n) is 1.38. The molecular weight excluding hydrogens is 252 g/mol. The fraction of sp³-hybridized carbons (Fsp3) is 0.167. The molecule has 1 heterocycles. The van der Waals surface area contributed by atoms with E-state index in [9.17, 15) is 4.79 Å². The second-order valence-electron chi connectivity index (χ2n) is 3.42. The zero-order valence-electron chi connectivity index (χ0n) is 9.71. The topological polar surface area (TPSA) is 71.5 Å². The molecule has 0 radical (unpaired) electrons. The number of rotatable bonds is 5. The Kier molecular flexibility index (Phi) is 3.78. The third kappa shape index (κ3) is 2.98. The molecule has 0 amide bonds. The minimum atomic E-state index is -0.969. The quantitative estimate of drug-likeness (QED) is 0.868. The lowest BCUT2D eigenvalue weighted by molar-refractivity contribution is 0.0702. The number of benzene rings is 1. The van der Waals surface area contributed by atoms with E-state index in [0.29, 0.717) is 11.7 Å². The third-order valence-corrected chi connectivity index (χ3v) is 3.01. The molecule has 0 bridgehead atoms. The average Bonchev–Trinajstić information content (AvgIpc) is 2.78. The van der Waals surface area contributed by atoms with Crippen molar-refractivity contribution in [3.05, 3.63) is 35.3 Å². The predicted octanol–water partition coefficient (Wildman–Crippen LogP) is 2.98. The molecule has 0 atom stereocenters. The molecule has 94 valence electrons. The lowest BCUT2D eigenvalue weighted by Gasteiger charge is -2.06. The predicted molar refractivity (Wildman–Crippen MR) is 70.0 cm³/mol. The largest absolute Gasteiger partial charge is 0.494 e. The van der Waals surface area contributed by atoms with E-state index in [-0.39, 0.29) is 4.88 Å². The second-order valence-corrected chi connectivity index (χ2v) is 4.45. The lowest BCUT2D eigenvalue weighted by Crippen LogP contribution is -1.93. The Balaban J connectivity index is 2.12. The van der Waals surface area contributed by atoms with Gasteiger partial charge in [-0.1, -0.05) is 17.4 Å². The van der Waals surface area contributed by atoms with Crippen LogP contribution in [0.5, 0.6) is 5.75 Å². The van der Waals surface area contributed by atoms with Crippen molar-refractivity contribution in [3.63, 3.8) is 0 Å². The number of ether oxygens (including phenoxy) is 1. The molecule has 5 nitrogen and oxygen atoms in total. The van der Waals surface area contributed by atoms with Gasteiger partial charge in [-0.25, -0.2) is 9.78 Å². The van der Waals surface area contributed by atoms with E-state index in [0.717, 1.165) is 22.8 Å². The molecule has 0 fully saturated rings. The summed E-state index contributed by atoms with van der Waals surface area (Å²) in [4.78, 5) is 14.9. The highest BCUT2D eigenvalue weighted by Crippen LogP contribution is 2.24. The molecule has 18 heavy (non-hydrogen) atoms. The highest BCUT2D eigenvalue weighted by molar-refractivity contribution is 7.17. The highest BCUT2D eigenvalue weighted by Gasteiger charge is 2.08. The Morgan fingerprint density at radius 1 is 1.56 bits per heavy atom. The van der Waals surface area contributed by atoms with Crippen molar-refractivity contribution < 1.29 is 14.6 Å². The van der Waals surface area contributed by atoms with Gasteiger partial charge in [0.25, 0.3) is 0 Å². The highest BCUT2D eigenvalue weighted by atomic mass is 32.1. The number of carboxylic acid groups (broad SMARTS) is 1. The van der Waals surface area contributed by atoms with Gasteiger partial charge in [-0.05, 0) is 19.1 Å². The third-order valence-electron chi connectivity index (χ3n) is 2.11. The number of anilines is 2. The van der Waals surface area contributed by atoms with Gasteiger partial charge in [0.2, 0.25) is 0 Å². The fourth-order valence-corrected chi connectivity index (χ4v) is 2.06. The first-order chi connectivity index (χ1) is 8.69. The summed E-state index contributed by atoms with van der Waals surface area (Å²) in [6, 6.07) is 7.42. The van der Waals surface area contributed by atoms with Gasteiger partial charge in [0, 0.05) is 11.8 Å². The molecule has 1 aromatic carbocycles. The number of nitrogens with zero attached hydrogens (tertiary/aromatic N) is 1. The minimum Gasteiger partial charge on any atom is -0.494 e. The Labute approximate surface area is 108 Å². The zero-order chi connectivity index (χ0) is 13.0. The molecule has 0 aliphatic heterocycles. The van der Waals surface area contributed by atoms with E-state index in [2.05, 4.69) is 10.3 Å². The first-order valence-electron chi connectivity index (χ1n) is 5.38. The number of nitrogens with one attached hydrogen (secondary N) is 1. The zero-order valence-corrected chi connectivity index (χ0v) is 10.5. The van der Waals surface area contributed by atoms with Gasteiger partial charge in [-0.15, -0.1) is 0 Å². The molecule has 0 unspecified atom stereocenters. The van der Waals surface area contributed by atoms with E-state index >= 15 is 0 Å². The Morgan fingerprint density at radius 3 is 3.06 bits per heavy atom. The summed E-state index contributed by atoms with van der Waals surface area (Å²) in [6.45, 7) is 2.52. The van der Waals surface area contributed by atoms with Crippen molar-refractivity contribution >= 4 is 28.1 Å². The maximum absolute atomic E-state index is 10.7. The van der Waals surface area contributed by atoms with Crippen LogP contribution in [-0.2, 0) is 0 Å². The number of thiazole rings is 1. The smallest absolute Gasteiger partial charge is 0.347 e. The van der Waals surface area contributed by atoms with Crippen LogP contribution >= 0.6 is 11.3 Å². The van der Waals surface area contributed by atoms with Gasteiger partial charge in [0.15, 0.2) is 5.13 Å². The van der Waals surface area contributed by atoms with E-state index < -0.39 is 5.97 Å². The van der Waals surface area contributed by atoms with Crippen LogP contribution in [0, 0.1) is 0 Å². The standard InChI is InChI=1S/C12H12N2O3S/c1-2-17-9-5-3-4-8(6-9)14-12-13-7-10(18-12)11(15)16/h3-7H,2H2,1H3,(H,13,14)(H,15,16). The minimum absolute atomic E-state index is 0.207. The molecule has 0 saturated carbocycles. The Morgan fingerprint density at radius 2 is 2.39 bits per heavy atom. The van der Waals surface area contributed by atoms with Gasteiger partial charge in [-0.2, -0.15) is 0 Å². The van der Waals surface area contributed by atoms with Crippen molar-refractivity contribution in [3.8, 4) is 5.75 Å². The molecule has 1 aromatic heterocycles. The first kappa shape index (κ1) is 12.4. The van der Waals surface area contributed by atoms with Gasteiger partial charge < -0.3 is 15.2 Å². The summed E-state index contributed by atoms with van der Waals surface area (Å²) >= 11 is 1.09. The summed E-state index contributed by atoms with van der Waals surface area (Å²) in [7, 11) is 0. The summed E-state index contributed by atoms with van der Waals surface area (Å²) in [5.74, 6) is -0.207. The van der Waals surface area contributed by atoms with Gasteiger partial charge in [-0.3, -0.25) is 0 Å². The summed E-state index contributed by atoms with van der Waals surface area (Å²) in [5, 5.41) is 12.4. The van der Waals surface area contributed by atoms with Crippen molar-refractivity contribution in [2.45, 2.75) is 6.92 Å². The van der Waals surface area contributed by atoms with Crippen LogP contribution in [0.25, 0.3) is 0 Å². The Hall–Kier alpha value is -2.08. The maximum atomic E-state index is 10.7. The van der Waals surface area contributed by atoms with Crippen LogP contribution in [0.3, 0.4) is 0 Å². The van der Waals surface area contributed by atoms with E-state index in [1.54, 1.807) is 0 Å². The molecule has 2 rings (SSSR count). The van der Waals surface area contributed by atoms with Crippen LogP contribution in [0.2, 0.25) is 0 Å². The number of hydrogen-bond donors (Lipinski definition) is 2. The number of aromatic nitrogens is 1. The van der Waals surface area contributed by atoms with Gasteiger partial charge >= 0.3 is 5.97 Å². The van der Waals surface area contributed by atoms with Gasteiger partial charge in [0.1, 0.15) is 10.6 Å². The van der Waals surface area contributed by atoms with Crippen LogP contribution < -0.4 is 10.1 Å². The van der Waals surface area contributed by atoms with Crippen LogP contribution in [0.4, 0.5) is 10.8 Å². The summed E-state index contributed by atoms with van der Waals surface area (Å²) in [5.41, 5.74) is 0.812. The summed E-state index contributed by atoms with van der Waals surface area (Å²) < 4.78 is 5.38. The molecule has 0 aliphatic rings. The number of hydrogen-bond acceptors (Lipinski definition) is 5. The first-order valence-corrected chi connectivity index (χ1v) is 6.19. The SMILES string of the molecule is CCOc1cccc(Nc2ncc(C(=O)O)s2)c1. The van der Waals surface area contributed by atoms with Crippen molar-refractivity contribution in [1.29, 1.82) is 0 Å². The van der Waals surface area contributed by atoms with Crippen LogP contribution in [0.1, 0.15) is 16.6 Å². The van der Waals surface area contributed by atoms with Crippen LogP contribution in [-0.4, -0.2) is 22.7 Å². The number of carboxylic acids is 1. The van der Waals surface area contributed by atoms with E-state index in [1.807, 2.05) is 31.2 Å². The summed E-state index contributed by atoms with van der Waals surface area (Å²) in [6.07, 6.45) is 1.34. The molecule has 2 N–H and O–H groups in total.